The van der Waals surface area contributed by atoms with Crippen LogP contribution in [0.4, 0.5) is 0 Å². The SMILES string of the molecule is C=CCOC(=O)CC(C(=O)OCC=C)S(=O)(=O)O.[NaH].[NaH].[NaH].[NaH]. The van der Waals surface area contributed by atoms with Gasteiger partial charge in [-0.15, -0.1) is 0 Å². The average Bonchev–Trinajstić information content (AvgIpc) is 2.28. The Balaban J connectivity index is -0.000000241. The van der Waals surface area contributed by atoms with Crippen LogP contribution >= 0.6 is 0 Å². The zero-order chi connectivity index (χ0) is 14.2. The Morgan fingerprint density at radius 3 is 1.77 bits per heavy atom. The van der Waals surface area contributed by atoms with Gasteiger partial charge in [0.2, 0.25) is 0 Å². The topological polar surface area (TPSA) is 107 Å². The third-order valence-corrected chi connectivity index (χ3v) is 2.76. The molecule has 0 saturated carbocycles. The van der Waals surface area contributed by atoms with E-state index < -0.39 is 33.7 Å². The summed E-state index contributed by atoms with van der Waals surface area (Å²) in [5.74, 6) is -2.21. The van der Waals surface area contributed by atoms with Gasteiger partial charge in [0.1, 0.15) is 13.2 Å². The van der Waals surface area contributed by atoms with Crippen molar-refractivity contribution in [1.29, 1.82) is 0 Å². The summed E-state index contributed by atoms with van der Waals surface area (Å²) in [7, 11) is -4.75. The summed E-state index contributed by atoms with van der Waals surface area (Å²) in [6.45, 7) is 6.20. The Morgan fingerprint density at radius 2 is 1.41 bits per heavy atom. The van der Waals surface area contributed by atoms with E-state index in [0.29, 0.717) is 0 Å². The molecule has 1 N–H and O–H groups in total. The summed E-state index contributed by atoms with van der Waals surface area (Å²) in [4.78, 5) is 22.5. The Bertz CT molecular complexity index is 439. The van der Waals surface area contributed by atoms with Crippen LogP contribution in [0.1, 0.15) is 6.42 Å². The van der Waals surface area contributed by atoms with E-state index in [0.717, 1.165) is 0 Å². The van der Waals surface area contributed by atoms with E-state index in [9.17, 15) is 18.0 Å². The minimum absolute atomic E-state index is 0. The number of carbonyl (C=O) groups is 2. The molecule has 0 saturated heterocycles. The zero-order valence-electron chi connectivity index (χ0n) is 9.57. The van der Waals surface area contributed by atoms with Crippen LogP contribution in [0.5, 0.6) is 0 Å². The first kappa shape index (κ1) is 35.4. The predicted molar refractivity (Wildman–Crippen MR) is 90.9 cm³/mol. The van der Waals surface area contributed by atoms with Crippen molar-refractivity contribution in [2.45, 2.75) is 11.7 Å². The maximum atomic E-state index is 11.3. The van der Waals surface area contributed by atoms with Gasteiger partial charge in [0, 0.05) is 0 Å². The van der Waals surface area contributed by atoms with Crippen LogP contribution in [-0.4, -0.2) is 162 Å². The summed E-state index contributed by atoms with van der Waals surface area (Å²) < 4.78 is 39.7. The van der Waals surface area contributed by atoms with Gasteiger partial charge in [-0.05, 0) is 0 Å². The van der Waals surface area contributed by atoms with E-state index in [2.05, 4.69) is 22.6 Å². The van der Waals surface area contributed by atoms with Crippen molar-refractivity contribution in [3.63, 3.8) is 0 Å². The quantitative estimate of drug-likeness (QED) is 0.217. The summed E-state index contributed by atoms with van der Waals surface area (Å²) in [6.07, 6.45) is 1.66. The van der Waals surface area contributed by atoms with E-state index in [-0.39, 0.29) is 131 Å². The minimum atomic E-state index is -4.75. The molecule has 0 amide bonds. The van der Waals surface area contributed by atoms with Crippen LogP contribution in [0.25, 0.3) is 0 Å². The van der Waals surface area contributed by atoms with Gasteiger partial charge >= 0.3 is 130 Å². The standard InChI is InChI=1S/C10H14O7S.4Na.4H/c1-3-5-16-9(11)7-8(18(13,14)15)10(12)17-6-4-2;;;;;;;;/h3-4,8H,1-2,5-7H2,(H,13,14,15);;;;;;;;. The fourth-order valence-electron chi connectivity index (χ4n) is 0.906. The van der Waals surface area contributed by atoms with Gasteiger partial charge in [0.05, 0.1) is 6.42 Å². The Labute approximate surface area is 218 Å². The summed E-state index contributed by atoms with van der Waals surface area (Å²) in [5.41, 5.74) is 0. The molecule has 0 aromatic heterocycles. The van der Waals surface area contributed by atoms with Crippen LogP contribution in [0.15, 0.2) is 25.3 Å². The molecule has 12 heteroatoms. The Morgan fingerprint density at radius 1 is 1.00 bits per heavy atom. The van der Waals surface area contributed by atoms with Crippen molar-refractivity contribution < 1.29 is 32.0 Å². The molecule has 22 heavy (non-hydrogen) atoms. The van der Waals surface area contributed by atoms with Crippen molar-refractivity contribution in [1.82, 2.24) is 0 Å². The molecule has 0 aliphatic rings. The molecule has 110 valence electrons. The average molecular weight is 374 g/mol. The maximum absolute atomic E-state index is 11.3. The number of rotatable bonds is 8. The van der Waals surface area contributed by atoms with Crippen LogP contribution < -0.4 is 0 Å². The number of esters is 2. The molecule has 0 spiro atoms. The van der Waals surface area contributed by atoms with E-state index in [1.54, 1.807) is 0 Å². The van der Waals surface area contributed by atoms with Crippen molar-refractivity contribution in [3.05, 3.63) is 25.3 Å². The molecule has 1 unspecified atom stereocenters. The van der Waals surface area contributed by atoms with Crippen molar-refractivity contribution in [3.8, 4) is 0 Å². The first-order valence-corrected chi connectivity index (χ1v) is 6.33. The van der Waals surface area contributed by atoms with Crippen molar-refractivity contribution in [2.24, 2.45) is 0 Å². The molecule has 0 aliphatic carbocycles. The molecule has 1 atom stereocenters. The van der Waals surface area contributed by atoms with E-state index in [4.69, 9.17) is 4.55 Å². The molecule has 0 aliphatic heterocycles. The second-order valence-corrected chi connectivity index (χ2v) is 4.70. The van der Waals surface area contributed by atoms with Gasteiger partial charge in [0.15, 0.2) is 5.25 Å². The molecule has 0 heterocycles. The van der Waals surface area contributed by atoms with E-state index in [1.165, 1.54) is 12.2 Å². The molecular formula is C10H18Na4O7S. The number of hydrogen-bond acceptors (Lipinski definition) is 6. The number of hydrogen-bond donors (Lipinski definition) is 1. The van der Waals surface area contributed by atoms with Gasteiger partial charge in [-0.25, -0.2) is 0 Å². The Kier molecular flexibility index (Phi) is 31.7. The molecular weight excluding hydrogens is 356 g/mol. The first-order chi connectivity index (χ1) is 8.32. The zero-order valence-corrected chi connectivity index (χ0v) is 10.4. The molecule has 0 rings (SSSR count). The fraction of sp³-hybridized carbons (Fsp3) is 0.400. The Hall–Kier alpha value is 2.33. The van der Waals surface area contributed by atoms with Crippen LogP contribution in [0.2, 0.25) is 0 Å². The van der Waals surface area contributed by atoms with Crippen molar-refractivity contribution in [2.75, 3.05) is 13.2 Å². The molecule has 0 aromatic rings. The van der Waals surface area contributed by atoms with Gasteiger partial charge in [0.25, 0.3) is 10.1 Å². The second-order valence-electron chi connectivity index (χ2n) is 3.10. The number of carbonyl (C=O) groups excluding carboxylic acids is 2. The summed E-state index contributed by atoms with van der Waals surface area (Å²) in [5, 5.41) is -2.00. The normalized spacial score (nSPS) is 10.0. The third kappa shape index (κ3) is 17.2. The van der Waals surface area contributed by atoms with Crippen molar-refractivity contribution >= 4 is 140 Å². The van der Waals surface area contributed by atoms with Gasteiger partial charge < -0.3 is 9.47 Å². The van der Waals surface area contributed by atoms with E-state index in [1.807, 2.05) is 0 Å². The van der Waals surface area contributed by atoms with Gasteiger partial charge in [-0.1, -0.05) is 25.3 Å². The third-order valence-electron chi connectivity index (χ3n) is 1.68. The molecule has 0 radical (unpaired) electrons. The fourth-order valence-corrected chi connectivity index (χ4v) is 1.56. The van der Waals surface area contributed by atoms with Crippen LogP contribution in [0.3, 0.4) is 0 Å². The predicted octanol–water partition coefficient (Wildman–Crippen LogP) is -2.50. The molecule has 0 bridgehead atoms. The monoisotopic (exact) mass is 374 g/mol. The molecule has 7 nitrogen and oxygen atoms in total. The van der Waals surface area contributed by atoms with Gasteiger partial charge in [-0.2, -0.15) is 8.42 Å². The molecule has 0 aromatic carbocycles. The number of ether oxygens (including phenoxy) is 2. The van der Waals surface area contributed by atoms with Crippen LogP contribution in [0, 0.1) is 0 Å². The summed E-state index contributed by atoms with van der Waals surface area (Å²) in [6, 6.07) is 0. The second kappa shape index (κ2) is 19.7. The molecule has 0 fully saturated rings. The van der Waals surface area contributed by atoms with E-state index >= 15 is 0 Å². The summed E-state index contributed by atoms with van der Waals surface area (Å²) >= 11 is 0. The van der Waals surface area contributed by atoms with Crippen LogP contribution in [-0.2, 0) is 29.2 Å². The van der Waals surface area contributed by atoms with Gasteiger partial charge in [-0.3, -0.25) is 14.1 Å². The first-order valence-electron chi connectivity index (χ1n) is 4.83.